The third-order valence-electron chi connectivity index (χ3n) is 4.72. The minimum Gasteiger partial charge on any atom is -0.319 e. The number of imide groups is 1. The van der Waals surface area contributed by atoms with E-state index >= 15 is 0 Å². The van der Waals surface area contributed by atoms with Gasteiger partial charge in [0.2, 0.25) is 0 Å². The Morgan fingerprint density at radius 2 is 1.97 bits per heavy atom. The monoisotopic (exact) mass is 433 g/mol. The quantitative estimate of drug-likeness (QED) is 0.606. The maximum atomic E-state index is 14.2. The molecule has 0 saturated carbocycles. The molecule has 4 rings (SSSR count). The molecular weight excluding hydrogens is 420 g/mol. The summed E-state index contributed by atoms with van der Waals surface area (Å²) in [5.41, 5.74) is -0.703. The molecule has 3 amide bonds. The van der Waals surface area contributed by atoms with E-state index < -0.39 is 29.1 Å². The van der Waals surface area contributed by atoms with Crippen LogP contribution in [0.3, 0.4) is 0 Å². The summed E-state index contributed by atoms with van der Waals surface area (Å²) in [4.78, 5) is 30.8. The predicted octanol–water partition coefficient (Wildman–Crippen LogP) is 4.71. The Morgan fingerprint density at radius 3 is 2.72 bits per heavy atom. The molecule has 0 aliphatic carbocycles. The topological polar surface area (TPSA) is 62.3 Å². The summed E-state index contributed by atoms with van der Waals surface area (Å²) in [6.07, 6.45) is 0. The van der Waals surface area contributed by atoms with Crippen LogP contribution in [0.15, 0.2) is 47.8 Å². The first kappa shape index (κ1) is 19.5. The van der Waals surface area contributed by atoms with Gasteiger partial charge in [0.1, 0.15) is 22.2 Å². The normalized spacial score (nSPS) is 19.0. The summed E-state index contributed by atoms with van der Waals surface area (Å²) in [6, 6.07) is 9.29. The van der Waals surface area contributed by atoms with Crippen LogP contribution in [0.1, 0.15) is 18.2 Å². The molecule has 5 nitrogen and oxygen atoms in total. The summed E-state index contributed by atoms with van der Waals surface area (Å²) in [6.45, 7) is 1.25. The highest BCUT2D eigenvalue weighted by molar-refractivity contribution is 7.13. The zero-order valence-corrected chi connectivity index (χ0v) is 16.7. The van der Waals surface area contributed by atoms with Gasteiger partial charge in [-0.2, -0.15) is 0 Å². The average Bonchev–Trinajstić information content (AvgIpc) is 3.23. The lowest BCUT2D eigenvalue weighted by Crippen LogP contribution is -2.41. The van der Waals surface area contributed by atoms with Crippen LogP contribution in [0, 0.1) is 11.6 Å². The van der Waals surface area contributed by atoms with E-state index in [4.69, 9.17) is 11.6 Å². The van der Waals surface area contributed by atoms with Crippen molar-refractivity contribution < 1.29 is 18.4 Å². The van der Waals surface area contributed by atoms with Gasteiger partial charge in [0, 0.05) is 16.5 Å². The van der Waals surface area contributed by atoms with E-state index in [1.165, 1.54) is 18.3 Å². The Balaban J connectivity index is 1.61. The molecule has 1 aliphatic rings. The van der Waals surface area contributed by atoms with Crippen LogP contribution in [-0.4, -0.2) is 21.8 Å². The molecule has 0 bridgehead atoms. The number of halogens is 3. The second-order valence-electron chi connectivity index (χ2n) is 6.69. The number of hydrogen-bond donors (Lipinski definition) is 1. The lowest BCUT2D eigenvalue weighted by molar-refractivity contribution is -0.131. The number of benzene rings is 2. The maximum absolute atomic E-state index is 14.2. The Labute approximate surface area is 173 Å². The number of nitrogens with zero attached hydrogens (tertiary/aromatic N) is 2. The Bertz CT molecular complexity index is 1140. The van der Waals surface area contributed by atoms with Gasteiger partial charge in [-0.15, -0.1) is 11.3 Å². The van der Waals surface area contributed by atoms with Crippen molar-refractivity contribution in [2.75, 3.05) is 0 Å². The molecule has 1 N–H and O–H groups in total. The lowest BCUT2D eigenvalue weighted by Gasteiger charge is -2.22. The number of hydrogen-bond acceptors (Lipinski definition) is 4. The Kier molecular flexibility index (Phi) is 4.84. The Morgan fingerprint density at radius 1 is 1.21 bits per heavy atom. The first-order valence-electron chi connectivity index (χ1n) is 8.58. The molecule has 0 spiro atoms. The van der Waals surface area contributed by atoms with Gasteiger partial charge in [-0.25, -0.2) is 18.6 Å². The molecule has 0 radical (unpaired) electrons. The van der Waals surface area contributed by atoms with Crippen LogP contribution in [-0.2, 0) is 16.9 Å². The summed E-state index contributed by atoms with van der Waals surface area (Å²) in [5.74, 6) is -2.16. The number of carbonyl (C=O) groups excluding carboxylic acids is 2. The lowest BCUT2D eigenvalue weighted by atomic mass is 9.91. The number of aromatic nitrogens is 1. The fraction of sp³-hybridized carbons (Fsp3) is 0.150. The largest absolute Gasteiger partial charge is 0.325 e. The first-order valence-corrected chi connectivity index (χ1v) is 9.84. The third-order valence-corrected chi connectivity index (χ3v) is 5.97. The van der Waals surface area contributed by atoms with Gasteiger partial charge < -0.3 is 5.32 Å². The van der Waals surface area contributed by atoms with Crippen LogP contribution >= 0.6 is 22.9 Å². The van der Waals surface area contributed by atoms with Crippen LogP contribution in [0.4, 0.5) is 13.6 Å². The van der Waals surface area contributed by atoms with Crippen LogP contribution < -0.4 is 5.32 Å². The van der Waals surface area contributed by atoms with E-state index in [9.17, 15) is 18.4 Å². The minimum absolute atomic E-state index is 0.0991. The van der Waals surface area contributed by atoms with Crippen molar-refractivity contribution in [1.82, 2.24) is 15.2 Å². The van der Waals surface area contributed by atoms with Crippen molar-refractivity contribution in [3.8, 4) is 10.6 Å². The number of thiazole rings is 1. The second kappa shape index (κ2) is 7.20. The highest BCUT2D eigenvalue weighted by atomic mass is 35.5. The van der Waals surface area contributed by atoms with Crippen molar-refractivity contribution in [2.45, 2.75) is 19.0 Å². The number of urea groups is 1. The molecule has 1 aromatic heterocycles. The highest BCUT2D eigenvalue weighted by Gasteiger charge is 2.50. The van der Waals surface area contributed by atoms with Gasteiger partial charge in [-0.1, -0.05) is 29.8 Å². The minimum atomic E-state index is -1.70. The van der Waals surface area contributed by atoms with E-state index in [1.54, 1.807) is 17.5 Å². The van der Waals surface area contributed by atoms with Gasteiger partial charge in [-0.3, -0.25) is 9.69 Å². The molecule has 148 valence electrons. The van der Waals surface area contributed by atoms with Crippen molar-refractivity contribution in [2.24, 2.45) is 0 Å². The number of carbonyl (C=O) groups is 2. The SMILES string of the molecule is CC1(c2cc(F)ccc2F)NC(=O)N(Cc2csc(-c3ccccc3Cl)n2)C1=O. The zero-order chi connectivity index (χ0) is 20.8. The van der Waals surface area contributed by atoms with Crippen molar-refractivity contribution in [1.29, 1.82) is 0 Å². The molecule has 3 aromatic rings. The molecule has 1 atom stereocenters. The number of amides is 3. The first-order chi connectivity index (χ1) is 13.8. The van der Waals surface area contributed by atoms with E-state index in [1.807, 2.05) is 12.1 Å². The molecule has 2 heterocycles. The molecule has 9 heteroatoms. The Hall–Kier alpha value is -2.84. The smallest absolute Gasteiger partial charge is 0.319 e. The van der Waals surface area contributed by atoms with E-state index in [0.29, 0.717) is 15.7 Å². The van der Waals surface area contributed by atoms with E-state index in [0.717, 1.165) is 28.7 Å². The van der Waals surface area contributed by atoms with E-state index in [-0.39, 0.29) is 12.1 Å². The van der Waals surface area contributed by atoms with Gasteiger partial charge in [0.25, 0.3) is 5.91 Å². The number of nitrogens with one attached hydrogen (secondary N) is 1. The second-order valence-corrected chi connectivity index (χ2v) is 7.96. The molecule has 1 aliphatic heterocycles. The molecule has 2 aromatic carbocycles. The standard InChI is InChI=1S/C20H14ClF2N3O2S/c1-20(14-8-11(22)6-7-16(14)23)18(27)26(19(28)25-20)9-12-10-29-17(24-12)13-4-2-3-5-15(13)21/h2-8,10H,9H2,1H3,(H,25,28). The van der Waals surface area contributed by atoms with Crippen LogP contribution in [0.25, 0.3) is 10.6 Å². The maximum Gasteiger partial charge on any atom is 0.325 e. The van der Waals surface area contributed by atoms with Gasteiger partial charge >= 0.3 is 6.03 Å². The average molecular weight is 434 g/mol. The third kappa shape index (κ3) is 3.38. The molecular formula is C20H14ClF2N3O2S. The van der Waals surface area contributed by atoms with Gasteiger partial charge in [-0.05, 0) is 31.2 Å². The summed E-state index contributed by atoms with van der Waals surface area (Å²) >= 11 is 7.52. The van der Waals surface area contributed by atoms with Gasteiger partial charge in [0.15, 0.2) is 0 Å². The van der Waals surface area contributed by atoms with Crippen molar-refractivity contribution in [3.63, 3.8) is 0 Å². The molecule has 1 unspecified atom stereocenters. The zero-order valence-electron chi connectivity index (χ0n) is 15.1. The van der Waals surface area contributed by atoms with Crippen LogP contribution in [0.2, 0.25) is 5.02 Å². The number of rotatable bonds is 4. The van der Waals surface area contributed by atoms with Gasteiger partial charge in [0.05, 0.1) is 17.3 Å². The molecule has 1 fully saturated rings. The van der Waals surface area contributed by atoms with E-state index in [2.05, 4.69) is 10.3 Å². The highest BCUT2D eigenvalue weighted by Crippen LogP contribution is 2.34. The summed E-state index contributed by atoms with van der Waals surface area (Å²) < 4.78 is 27.8. The van der Waals surface area contributed by atoms with Crippen LogP contribution in [0.5, 0.6) is 0 Å². The molecule has 1 saturated heterocycles. The molecule has 29 heavy (non-hydrogen) atoms. The summed E-state index contributed by atoms with van der Waals surface area (Å²) in [7, 11) is 0. The summed E-state index contributed by atoms with van der Waals surface area (Å²) in [5, 5.41) is 5.38. The van der Waals surface area contributed by atoms with Crippen molar-refractivity contribution >= 4 is 34.9 Å². The predicted molar refractivity (Wildman–Crippen MR) is 105 cm³/mol. The van der Waals surface area contributed by atoms with Crippen molar-refractivity contribution in [3.05, 3.63) is 75.8 Å². The fourth-order valence-corrected chi connectivity index (χ4v) is 4.33. The fourth-order valence-electron chi connectivity index (χ4n) is 3.20.